The van der Waals surface area contributed by atoms with Gasteiger partial charge in [-0.1, -0.05) is 26.3 Å². The van der Waals surface area contributed by atoms with E-state index in [9.17, 15) is 0 Å². The van der Waals surface area contributed by atoms with E-state index in [4.69, 9.17) is 9.47 Å². The lowest BCUT2D eigenvalue weighted by Gasteiger charge is -2.07. The molecule has 0 spiro atoms. The predicted molar refractivity (Wildman–Crippen MR) is 48.7 cm³/mol. The summed E-state index contributed by atoms with van der Waals surface area (Å²) in [6, 6.07) is 0. The second-order valence-corrected chi connectivity index (χ2v) is 3.29. The summed E-state index contributed by atoms with van der Waals surface area (Å²) < 4.78 is 10.9. The highest BCUT2D eigenvalue weighted by molar-refractivity contribution is 4.94. The van der Waals surface area contributed by atoms with Crippen molar-refractivity contribution in [1.82, 2.24) is 0 Å². The van der Waals surface area contributed by atoms with Crippen molar-refractivity contribution in [2.75, 3.05) is 0 Å². The summed E-state index contributed by atoms with van der Waals surface area (Å²) in [5.74, 6) is 0.775. The zero-order valence-electron chi connectivity index (χ0n) is 8.01. The van der Waals surface area contributed by atoms with Gasteiger partial charge in [0.25, 0.3) is 0 Å². The van der Waals surface area contributed by atoms with Crippen molar-refractivity contribution in [2.24, 2.45) is 0 Å². The fourth-order valence-electron chi connectivity index (χ4n) is 1.28. The molecule has 0 amide bonds. The highest BCUT2D eigenvalue weighted by Crippen LogP contribution is 2.23. The molecule has 1 unspecified atom stereocenters. The molecule has 70 valence electrons. The van der Waals surface area contributed by atoms with E-state index in [0.717, 1.165) is 12.2 Å². The van der Waals surface area contributed by atoms with E-state index in [1.54, 1.807) is 0 Å². The van der Waals surface area contributed by atoms with Gasteiger partial charge in [0, 0.05) is 6.42 Å². The van der Waals surface area contributed by atoms with Gasteiger partial charge in [0.2, 0.25) is 0 Å². The lowest BCUT2D eigenvalue weighted by atomic mass is 10.2. The van der Waals surface area contributed by atoms with Crippen molar-refractivity contribution in [3.8, 4) is 0 Å². The van der Waals surface area contributed by atoms with Gasteiger partial charge < -0.3 is 9.47 Å². The minimum atomic E-state index is -0.0287. The van der Waals surface area contributed by atoms with Crippen LogP contribution in [0, 0.1) is 0 Å². The van der Waals surface area contributed by atoms with Gasteiger partial charge in [-0.3, -0.25) is 0 Å². The minimum absolute atomic E-state index is 0.0287. The molecule has 0 radical (unpaired) electrons. The molecule has 12 heavy (non-hydrogen) atoms. The number of hydrogen-bond donors (Lipinski definition) is 0. The second kappa shape index (κ2) is 4.51. The van der Waals surface area contributed by atoms with Crippen molar-refractivity contribution >= 4 is 0 Å². The summed E-state index contributed by atoms with van der Waals surface area (Å²) in [5, 5.41) is 0. The molecule has 0 N–H and O–H groups in total. The zero-order chi connectivity index (χ0) is 8.97. The standard InChI is InChI=1S/C10H18O2/c1-4-5-6-7-10-11-8(2)9(3)12-10/h9-10H,2,4-7H2,1,3H3/t9-,10?/m0/s1. The maximum atomic E-state index is 5.50. The Hall–Kier alpha value is -0.500. The van der Waals surface area contributed by atoms with Gasteiger partial charge in [0.05, 0.1) is 0 Å². The quantitative estimate of drug-likeness (QED) is 0.604. The molecule has 1 fully saturated rings. The molecular formula is C10H18O2. The molecule has 0 aromatic rings. The summed E-state index contributed by atoms with van der Waals surface area (Å²) in [6.45, 7) is 7.93. The minimum Gasteiger partial charge on any atom is -0.467 e. The summed E-state index contributed by atoms with van der Waals surface area (Å²) >= 11 is 0. The van der Waals surface area contributed by atoms with Crippen LogP contribution < -0.4 is 0 Å². The molecule has 1 aliphatic rings. The van der Waals surface area contributed by atoms with Crippen LogP contribution in [0.1, 0.15) is 39.5 Å². The Morgan fingerprint density at radius 3 is 2.67 bits per heavy atom. The first kappa shape index (κ1) is 9.59. The van der Waals surface area contributed by atoms with Gasteiger partial charge in [-0.15, -0.1) is 0 Å². The van der Waals surface area contributed by atoms with Gasteiger partial charge in [0.1, 0.15) is 11.9 Å². The fraction of sp³-hybridized carbons (Fsp3) is 0.800. The summed E-state index contributed by atoms with van der Waals surface area (Å²) in [5.41, 5.74) is 0. The molecule has 0 aliphatic carbocycles. The highest BCUT2D eigenvalue weighted by atomic mass is 16.7. The highest BCUT2D eigenvalue weighted by Gasteiger charge is 2.25. The number of hydrogen-bond acceptors (Lipinski definition) is 2. The van der Waals surface area contributed by atoms with Crippen molar-refractivity contribution in [2.45, 2.75) is 51.9 Å². The first-order valence-electron chi connectivity index (χ1n) is 4.75. The van der Waals surface area contributed by atoms with Crippen molar-refractivity contribution in [1.29, 1.82) is 0 Å². The maximum absolute atomic E-state index is 5.50. The number of rotatable bonds is 4. The van der Waals surface area contributed by atoms with Crippen molar-refractivity contribution in [3.05, 3.63) is 12.3 Å². The molecule has 1 saturated heterocycles. The molecule has 0 bridgehead atoms. The van der Waals surface area contributed by atoms with Crippen LogP contribution >= 0.6 is 0 Å². The van der Waals surface area contributed by atoms with E-state index < -0.39 is 0 Å². The van der Waals surface area contributed by atoms with Gasteiger partial charge in [0.15, 0.2) is 6.29 Å². The van der Waals surface area contributed by atoms with Crippen LogP contribution in [0.15, 0.2) is 12.3 Å². The fourth-order valence-corrected chi connectivity index (χ4v) is 1.28. The van der Waals surface area contributed by atoms with Crippen LogP contribution in [0.3, 0.4) is 0 Å². The van der Waals surface area contributed by atoms with E-state index in [2.05, 4.69) is 13.5 Å². The Kier molecular flexibility index (Phi) is 3.60. The first-order valence-corrected chi connectivity index (χ1v) is 4.75. The molecule has 2 atom stereocenters. The third-order valence-corrected chi connectivity index (χ3v) is 2.14. The van der Waals surface area contributed by atoms with Crippen LogP contribution in [-0.4, -0.2) is 12.4 Å². The Labute approximate surface area is 74.6 Å². The SMILES string of the molecule is C=C1OC(CCCCC)O[C@H]1C. The van der Waals surface area contributed by atoms with Crippen LogP contribution in [0.25, 0.3) is 0 Å². The zero-order valence-corrected chi connectivity index (χ0v) is 8.01. The Bertz CT molecular complexity index is 154. The van der Waals surface area contributed by atoms with E-state index in [1.807, 2.05) is 6.92 Å². The first-order chi connectivity index (χ1) is 5.74. The molecule has 0 aromatic carbocycles. The average Bonchev–Trinajstić information content (AvgIpc) is 2.32. The molecule has 1 rings (SSSR count). The number of unbranched alkanes of at least 4 members (excludes halogenated alkanes) is 2. The summed E-state index contributed by atoms with van der Waals surface area (Å²) in [7, 11) is 0. The lowest BCUT2D eigenvalue weighted by molar-refractivity contribution is -0.0549. The van der Waals surface area contributed by atoms with Crippen LogP contribution in [-0.2, 0) is 9.47 Å². The molecule has 1 heterocycles. The van der Waals surface area contributed by atoms with Gasteiger partial charge >= 0.3 is 0 Å². The van der Waals surface area contributed by atoms with Crippen molar-refractivity contribution in [3.63, 3.8) is 0 Å². The summed E-state index contributed by atoms with van der Waals surface area (Å²) in [4.78, 5) is 0. The average molecular weight is 170 g/mol. The van der Waals surface area contributed by atoms with Crippen LogP contribution in [0.4, 0.5) is 0 Å². The molecular weight excluding hydrogens is 152 g/mol. The predicted octanol–water partition coefficient (Wildman–Crippen LogP) is 2.84. The van der Waals surface area contributed by atoms with Crippen molar-refractivity contribution < 1.29 is 9.47 Å². The van der Waals surface area contributed by atoms with Crippen LogP contribution in [0.2, 0.25) is 0 Å². The molecule has 0 saturated carbocycles. The second-order valence-electron chi connectivity index (χ2n) is 3.29. The largest absolute Gasteiger partial charge is 0.467 e. The molecule has 2 heteroatoms. The monoisotopic (exact) mass is 170 g/mol. The normalized spacial score (nSPS) is 29.0. The topological polar surface area (TPSA) is 18.5 Å². The molecule has 2 nitrogen and oxygen atoms in total. The Balaban J connectivity index is 2.14. The third-order valence-electron chi connectivity index (χ3n) is 2.14. The third kappa shape index (κ3) is 2.52. The lowest BCUT2D eigenvalue weighted by Crippen LogP contribution is -2.08. The van der Waals surface area contributed by atoms with E-state index >= 15 is 0 Å². The van der Waals surface area contributed by atoms with E-state index in [-0.39, 0.29) is 12.4 Å². The van der Waals surface area contributed by atoms with Crippen LogP contribution in [0.5, 0.6) is 0 Å². The molecule has 0 aromatic heterocycles. The van der Waals surface area contributed by atoms with Gasteiger partial charge in [-0.05, 0) is 13.3 Å². The number of ether oxygens (including phenoxy) is 2. The van der Waals surface area contributed by atoms with E-state index in [0.29, 0.717) is 0 Å². The Morgan fingerprint density at radius 1 is 1.42 bits per heavy atom. The molecule has 1 aliphatic heterocycles. The summed E-state index contributed by atoms with van der Waals surface area (Å²) in [6.07, 6.45) is 4.72. The van der Waals surface area contributed by atoms with Gasteiger partial charge in [-0.2, -0.15) is 0 Å². The van der Waals surface area contributed by atoms with Gasteiger partial charge in [-0.25, -0.2) is 0 Å². The Morgan fingerprint density at radius 2 is 2.17 bits per heavy atom. The van der Waals surface area contributed by atoms with E-state index in [1.165, 1.54) is 19.3 Å². The maximum Gasteiger partial charge on any atom is 0.200 e. The smallest absolute Gasteiger partial charge is 0.200 e.